The van der Waals surface area contributed by atoms with Gasteiger partial charge in [-0.05, 0) is 108 Å². The van der Waals surface area contributed by atoms with E-state index >= 15 is 0 Å². The van der Waals surface area contributed by atoms with Crippen LogP contribution in [0.5, 0.6) is 11.5 Å². The van der Waals surface area contributed by atoms with Crippen LogP contribution in [0.4, 0.5) is 22.7 Å². The molecule has 0 saturated carbocycles. The summed E-state index contributed by atoms with van der Waals surface area (Å²) in [4.78, 5) is 9.61. The van der Waals surface area contributed by atoms with Gasteiger partial charge in [0.1, 0.15) is 5.82 Å². The molecule has 3 heterocycles. The Morgan fingerprint density at radius 2 is 1.09 bits per heavy atom. The van der Waals surface area contributed by atoms with E-state index in [2.05, 4.69) is 262 Å². The van der Waals surface area contributed by atoms with Crippen LogP contribution >= 0.6 is 0 Å². The summed E-state index contributed by atoms with van der Waals surface area (Å²) in [6.45, 7) is 29.4. The molecule has 0 radical (unpaired) electrons. The second-order valence-corrected chi connectivity index (χ2v) is 22.8. The zero-order chi connectivity index (χ0) is 48.6. The van der Waals surface area contributed by atoms with E-state index in [9.17, 15) is 0 Å². The molecule has 0 spiro atoms. The van der Waals surface area contributed by atoms with Gasteiger partial charge in [0.2, 0.25) is 0 Å². The van der Waals surface area contributed by atoms with Gasteiger partial charge in [-0.25, -0.2) is 4.98 Å². The first kappa shape index (κ1) is 48.6. The van der Waals surface area contributed by atoms with Crippen LogP contribution in [-0.2, 0) is 42.7 Å². The minimum atomic E-state index is -0.191. The number of rotatable bonds is 7. The molecule has 0 saturated heterocycles. The van der Waals surface area contributed by atoms with Gasteiger partial charge in [0, 0.05) is 61.3 Å². The van der Waals surface area contributed by atoms with Crippen molar-refractivity contribution in [3.63, 3.8) is 0 Å². The summed E-state index contributed by atoms with van der Waals surface area (Å²) in [5.41, 5.74) is 15.4. The molecule has 1 aliphatic rings. The van der Waals surface area contributed by atoms with E-state index in [4.69, 9.17) is 9.72 Å². The van der Waals surface area contributed by atoms with Gasteiger partial charge >= 0.3 is 0 Å². The van der Waals surface area contributed by atoms with Crippen LogP contribution in [0.2, 0.25) is 0 Å². The van der Waals surface area contributed by atoms with Crippen LogP contribution in [0.3, 0.4) is 0 Å². The quantitative estimate of drug-likeness (QED) is 0.149. The van der Waals surface area contributed by atoms with Gasteiger partial charge in [-0.2, -0.15) is 6.07 Å². The molecule has 0 aliphatic carbocycles. The summed E-state index contributed by atoms with van der Waals surface area (Å²) in [5, 5.41) is 2.21. The van der Waals surface area contributed by atoms with Crippen molar-refractivity contribution >= 4 is 44.6 Å². The van der Waals surface area contributed by atoms with Gasteiger partial charge in [-0.3, -0.25) is 0 Å². The molecule has 2 aromatic heterocycles. The van der Waals surface area contributed by atoms with Crippen LogP contribution in [0.1, 0.15) is 105 Å². The van der Waals surface area contributed by atoms with Gasteiger partial charge < -0.3 is 19.1 Å². The van der Waals surface area contributed by atoms with E-state index < -0.39 is 0 Å². The van der Waals surface area contributed by atoms with Crippen LogP contribution < -0.4 is 14.5 Å². The predicted molar refractivity (Wildman–Crippen MR) is 290 cm³/mol. The fourth-order valence-corrected chi connectivity index (χ4v) is 9.31. The summed E-state index contributed by atoms with van der Waals surface area (Å²) in [6.07, 6.45) is 1.92. The Hall–Kier alpha value is -6.42. The zero-order valence-corrected chi connectivity index (χ0v) is 44.9. The Bertz CT molecular complexity index is 3380. The third-order valence-electron chi connectivity index (χ3n) is 13.5. The largest absolute Gasteiger partial charge is 0.509 e. The molecule has 10 rings (SSSR count). The minimum Gasteiger partial charge on any atom is -0.509 e. The standard InChI is InChI=1S/C64H63N4O.Pt/c1-61(2,3)46-24-28-57-59(37-46)67(41-66(57)50-32-45(43-21-17-14-18-22-43)31-48(34-50)63(7,8)9)51-35-49(64(10,11)12)36-53(39-51)69-52-25-26-54-55-33-44(42-19-15-13-16-20-42)23-27-56(55)68(58(54)40-52)60-38-47(29-30-65-60)62(4,5)6;/h13-38,41H,1-12H3;/q-3;. The smallest absolute Gasteiger partial charge is 0.135 e. The van der Waals surface area contributed by atoms with Crippen molar-refractivity contribution in [3.8, 4) is 39.6 Å². The maximum Gasteiger partial charge on any atom is 0.135 e. The van der Waals surface area contributed by atoms with E-state index in [0.29, 0.717) is 11.5 Å². The third kappa shape index (κ3) is 9.46. The normalized spacial score (nSPS) is 13.2. The Kier molecular flexibility index (Phi) is 12.5. The van der Waals surface area contributed by atoms with Gasteiger partial charge in [0.05, 0.1) is 0 Å². The van der Waals surface area contributed by atoms with Gasteiger partial charge in [-0.15, -0.1) is 53.6 Å². The number of hydrogen-bond acceptors (Lipinski definition) is 4. The SMILES string of the molecule is CC(C)(C)c1cc(Oc2[c-]c3c(cc2)c2cc(-c4ccccc4)ccc2n3-c2cc(C(C)(C)C)ccn2)[c-]c(N2[CH-]N(c3cc(-c4ccccc4)cc(C(C)(C)C)c3)c3ccc(C(C)(C)C)cc32)c1.[Pt]. The van der Waals surface area contributed by atoms with Crippen molar-refractivity contribution < 1.29 is 25.8 Å². The summed E-state index contributed by atoms with van der Waals surface area (Å²) >= 11 is 0. The number of ether oxygens (including phenoxy) is 1. The predicted octanol–water partition coefficient (Wildman–Crippen LogP) is 17.5. The monoisotopic (exact) mass is 1100 g/mol. The number of hydrogen-bond donors (Lipinski definition) is 0. The minimum absolute atomic E-state index is 0. The Morgan fingerprint density at radius 1 is 0.457 bits per heavy atom. The van der Waals surface area contributed by atoms with Crippen LogP contribution in [0, 0.1) is 18.8 Å². The number of fused-ring (bicyclic) bond motifs is 4. The molecule has 0 unspecified atom stereocenters. The van der Waals surface area contributed by atoms with Gasteiger partial charge in [0.15, 0.2) is 0 Å². The van der Waals surface area contributed by atoms with Gasteiger partial charge in [0.25, 0.3) is 0 Å². The number of nitrogens with zero attached hydrogens (tertiary/aromatic N) is 4. The molecule has 7 aromatic carbocycles. The summed E-state index contributed by atoms with van der Waals surface area (Å²) in [5.74, 6) is 2.07. The molecule has 0 N–H and O–H groups in total. The van der Waals surface area contributed by atoms with Crippen molar-refractivity contribution in [1.82, 2.24) is 9.55 Å². The first-order valence-corrected chi connectivity index (χ1v) is 24.3. The van der Waals surface area contributed by atoms with E-state index in [1.807, 2.05) is 12.3 Å². The molecule has 70 heavy (non-hydrogen) atoms. The second-order valence-electron chi connectivity index (χ2n) is 22.8. The van der Waals surface area contributed by atoms with E-state index in [-0.39, 0.29) is 42.7 Å². The van der Waals surface area contributed by atoms with Crippen molar-refractivity contribution in [3.05, 3.63) is 199 Å². The summed E-state index contributed by atoms with van der Waals surface area (Å²) in [7, 11) is 0. The van der Waals surface area contributed by atoms with Crippen molar-refractivity contribution in [2.75, 3.05) is 9.80 Å². The Balaban J connectivity index is 0.00000608. The molecule has 0 fully saturated rings. The first-order valence-electron chi connectivity index (χ1n) is 24.3. The van der Waals surface area contributed by atoms with Gasteiger partial charge in [-0.1, -0.05) is 174 Å². The molecule has 5 nitrogen and oxygen atoms in total. The van der Waals surface area contributed by atoms with Crippen LogP contribution in [-0.4, -0.2) is 9.55 Å². The van der Waals surface area contributed by atoms with Crippen LogP contribution in [0.15, 0.2) is 158 Å². The first-order chi connectivity index (χ1) is 32.7. The number of anilines is 4. The second kappa shape index (κ2) is 18.1. The van der Waals surface area contributed by atoms with Crippen molar-refractivity contribution in [2.24, 2.45) is 0 Å². The van der Waals surface area contributed by atoms with Crippen molar-refractivity contribution in [1.29, 1.82) is 0 Å². The number of benzene rings is 7. The van der Waals surface area contributed by atoms with E-state index in [1.54, 1.807) is 0 Å². The van der Waals surface area contributed by atoms with E-state index in [1.165, 1.54) is 33.4 Å². The van der Waals surface area contributed by atoms with Crippen molar-refractivity contribution in [2.45, 2.75) is 105 Å². The Labute approximate surface area is 430 Å². The number of pyridine rings is 1. The van der Waals surface area contributed by atoms with E-state index in [0.717, 1.165) is 61.5 Å². The topological polar surface area (TPSA) is 33.5 Å². The molecule has 6 heteroatoms. The summed E-state index contributed by atoms with van der Waals surface area (Å²) in [6, 6.07) is 62.3. The molecule has 0 bridgehead atoms. The molecular formula is C64H63N4OPt-3. The zero-order valence-electron chi connectivity index (χ0n) is 42.6. The Morgan fingerprint density at radius 3 is 1.74 bits per heavy atom. The summed E-state index contributed by atoms with van der Waals surface area (Å²) < 4.78 is 9.21. The molecule has 1 aliphatic heterocycles. The average Bonchev–Trinajstić information content (AvgIpc) is 3.86. The molecule has 0 amide bonds. The maximum atomic E-state index is 6.98. The third-order valence-corrected chi connectivity index (χ3v) is 13.5. The molecule has 358 valence electrons. The molecule has 0 atom stereocenters. The fraction of sp³-hybridized carbons (Fsp3) is 0.250. The number of aromatic nitrogens is 2. The average molecular weight is 1100 g/mol. The fourth-order valence-electron chi connectivity index (χ4n) is 9.31. The molecular weight excluding hydrogens is 1040 g/mol. The van der Waals surface area contributed by atoms with Crippen LogP contribution in [0.25, 0.3) is 49.9 Å². The molecule has 9 aromatic rings. The maximum absolute atomic E-state index is 6.98.